The largest absolute Gasteiger partial charge is 0.497 e. The van der Waals surface area contributed by atoms with Crippen LogP contribution in [0.2, 0.25) is 0 Å². The molecule has 7 rings (SSSR count). The van der Waals surface area contributed by atoms with Gasteiger partial charge in [0.2, 0.25) is 11.8 Å². The maximum Gasteiger partial charge on any atom is 0.305 e. The molecule has 1 saturated heterocycles. The minimum absolute atomic E-state index is 0.0285. The second-order valence-corrected chi connectivity index (χ2v) is 11.8. The zero-order valence-corrected chi connectivity index (χ0v) is 20.0. The van der Waals surface area contributed by atoms with Crippen molar-refractivity contribution in [3.63, 3.8) is 0 Å². The maximum atomic E-state index is 13.7. The number of H-pyrrole nitrogens is 1. The molecule has 4 aliphatic rings. The lowest BCUT2D eigenvalue weighted by Gasteiger charge is -2.43. The number of fused-ring (bicyclic) bond motifs is 9. The van der Waals surface area contributed by atoms with Crippen LogP contribution in [0.1, 0.15) is 22.8 Å². The van der Waals surface area contributed by atoms with E-state index in [0.717, 1.165) is 27.6 Å². The minimum Gasteiger partial charge on any atom is -0.497 e. The number of imide groups is 1. The molecule has 2 aliphatic heterocycles. The number of carbonyl (C=O) groups excluding carboxylic acids is 2. The molecule has 1 aromatic heterocycles. The van der Waals surface area contributed by atoms with E-state index < -0.39 is 0 Å². The van der Waals surface area contributed by atoms with Crippen LogP contribution in [0.15, 0.2) is 64.4 Å². The average Bonchev–Trinajstić information content (AvgIpc) is 3.58. The van der Waals surface area contributed by atoms with Crippen LogP contribution >= 0.6 is 23.1 Å². The number of nitrogens with one attached hydrogen (secondary N) is 1. The number of benzene rings is 2. The van der Waals surface area contributed by atoms with Gasteiger partial charge in [-0.3, -0.25) is 19.3 Å². The molecule has 2 aromatic carbocycles. The lowest BCUT2D eigenvalue weighted by Crippen LogP contribution is -2.42. The number of methoxy groups -OCH3 is 1. The molecule has 7 atom stereocenters. The van der Waals surface area contributed by atoms with Crippen LogP contribution < -0.4 is 14.5 Å². The van der Waals surface area contributed by atoms with E-state index in [1.807, 2.05) is 42.5 Å². The van der Waals surface area contributed by atoms with E-state index in [1.54, 1.807) is 18.9 Å². The third-order valence-electron chi connectivity index (χ3n) is 8.21. The number of ether oxygens (including phenoxy) is 1. The van der Waals surface area contributed by atoms with Gasteiger partial charge in [-0.05, 0) is 54.0 Å². The van der Waals surface area contributed by atoms with Gasteiger partial charge in [-0.2, -0.15) is 0 Å². The van der Waals surface area contributed by atoms with Crippen LogP contribution in [0, 0.1) is 29.6 Å². The Kier molecular flexibility index (Phi) is 4.42. The smallest absolute Gasteiger partial charge is 0.305 e. The molecule has 2 bridgehead atoms. The zero-order chi connectivity index (χ0) is 23.1. The Labute approximate surface area is 204 Å². The molecule has 6 nitrogen and oxygen atoms in total. The number of aromatic nitrogens is 1. The summed E-state index contributed by atoms with van der Waals surface area (Å²) in [7, 11) is 1.65. The molecule has 34 heavy (non-hydrogen) atoms. The number of para-hydroxylation sites is 1. The Balaban J connectivity index is 1.33. The Hall–Kier alpha value is -2.84. The summed E-state index contributed by atoms with van der Waals surface area (Å²) in [6.45, 7) is 0. The molecule has 7 unspecified atom stereocenters. The van der Waals surface area contributed by atoms with Crippen LogP contribution in [0.5, 0.6) is 5.75 Å². The summed E-state index contributed by atoms with van der Waals surface area (Å²) in [5.41, 5.74) is 1.80. The van der Waals surface area contributed by atoms with Crippen LogP contribution in [0.3, 0.4) is 0 Å². The fraction of sp³-hybridized carbons (Fsp3) is 0.346. The molecule has 3 heterocycles. The lowest BCUT2D eigenvalue weighted by atomic mass is 9.68. The molecule has 172 valence electrons. The average molecular weight is 491 g/mol. The number of anilines is 1. The fourth-order valence-electron chi connectivity index (χ4n) is 7.03. The van der Waals surface area contributed by atoms with E-state index in [0.29, 0.717) is 5.69 Å². The number of hydrogen-bond acceptors (Lipinski definition) is 6. The van der Waals surface area contributed by atoms with Crippen molar-refractivity contribution in [3.05, 3.63) is 74.7 Å². The fourth-order valence-corrected chi connectivity index (χ4v) is 9.92. The Morgan fingerprint density at radius 2 is 1.65 bits per heavy atom. The second-order valence-electron chi connectivity index (χ2n) is 9.58. The van der Waals surface area contributed by atoms with Gasteiger partial charge in [0.25, 0.3) is 0 Å². The van der Waals surface area contributed by atoms with Gasteiger partial charge in [-0.15, -0.1) is 11.8 Å². The summed E-state index contributed by atoms with van der Waals surface area (Å²) in [5, 5.41) is 1.13. The van der Waals surface area contributed by atoms with Crippen molar-refractivity contribution in [1.82, 2.24) is 4.98 Å². The molecule has 2 aliphatic carbocycles. The van der Waals surface area contributed by atoms with Crippen molar-refractivity contribution in [2.24, 2.45) is 29.6 Å². The molecule has 8 heteroatoms. The number of nitrogens with zero attached hydrogens (tertiary/aromatic N) is 1. The van der Waals surface area contributed by atoms with E-state index >= 15 is 0 Å². The molecular weight excluding hydrogens is 468 g/mol. The first kappa shape index (κ1) is 20.5. The van der Waals surface area contributed by atoms with Gasteiger partial charge in [0, 0.05) is 16.0 Å². The second kappa shape index (κ2) is 7.33. The van der Waals surface area contributed by atoms with Crippen LogP contribution in [0.25, 0.3) is 0 Å². The predicted octanol–water partition coefficient (Wildman–Crippen LogP) is 4.12. The number of thioether (sulfide) groups is 1. The van der Waals surface area contributed by atoms with Gasteiger partial charge in [-0.25, -0.2) is 0 Å². The molecule has 1 N–H and O–H groups in total. The van der Waals surface area contributed by atoms with Crippen molar-refractivity contribution >= 4 is 40.6 Å². The summed E-state index contributed by atoms with van der Waals surface area (Å²) >= 11 is 2.99. The topological polar surface area (TPSA) is 79.5 Å². The SMILES string of the molecule is COc1ccc(C2c3sc(=O)[nH]c3SC3C4CC(C5C(=O)N(c6ccccc6)C(=O)C45)C23)cc1. The van der Waals surface area contributed by atoms with Crippen molar-refractivity contribution < 1.29 is 14.3 Å². The van der Waals surface area contributed by atoms with Gasteiger partial charge in [0.05, 0.1) is 29.7 Å². The van der Waals surface area contributed by atoms with E-state index in [9.17, 15) is 14.4 Å². The summed E-state index contributed by atoms with van der Waals surface area (Å²) in [6.07, 6.45) is 0.892. The highest BCUT2D eigenvalue weighted by Crippen LogP contribution is 2.68. The highest BCUT2D eigenvalue weighted by atomic mass is 32.2. The number of amides is 2. The van der Waals surface area contributed by atoms with Gasteiger partial charge < -0.3 is 9.72 Å². The molecule has 3 fully saturated rings. The lowest BCUT2D eigenvalue weighted by molar-refractivity contribution is -0.123. The molecule has 3 aromatic rings. The van der Waals surface area contributed by atoms with E-state index in [4.69, 9.17) is 4.74 Å². The molecule has 2 amide bonds. The Morgan fingerprint density at radius 3 is 2.35 bits per heavy atom. The zero-order valence-electron chi connectivity index (χ0n) is 18.3. The van der Waals surface area contributed by atoms with Crippen molar-refractivity contribution in [2.45, 2.75) is 22.6 Å². The standard InChI is InChI=1S/C26H22N2O4S2/c1-32-14-9-7-12(8-10-14)17-18-15-11-16(21(18)33-23-22(17)34-26(31)27-23)20-19(15)24(29)28(25(20)30)13-5-3-2-4-6-13/h2-10,15-21H,11H2,1H3,(H,27,31). The Bertz CT molecular complexity index is 1370. The van der Waals surface area contributed by atoms with Gasteiger partial charge in [0.15, 0.2) is 0 Å². The first-order chi connectivity index (χ1) is 16.6. The molecular formula is C26H22N2O4S2. The van der Waals surface area contributed by atoms with Crippen LogP contribution in [-0.4, -0.2) is 29.2 Å². The predicted molar refractivity (Wildman–Crippen MR) is 130 cm³/mol. The minimum atomic E-state index is -0.280. The Morgan fingerprint density at radius 1 is 0.941 bits per heavy atom. The third kappa shape index (κ3) is 2.66. The van der Waals surface area contributed by atoms with Gasteiger partial charge in [0.1, 0.15) is 5.75 Å². The quantitative estimate of drug-likeness (QED) is 0.559. The van der Waals surface area contributed by atoms with Gasteiger partial charge in [-0.1, -0.05) is 41.7 Å². The first-order valence-corrected chi connectivity index (χ1v) is 13.2. The maximum absolute atomic E-state index is 13.7. The number of carbonyl (C=O) groups is 2. The molecule has 0 radical (unpaired) electrons. The normalized spacial score (nSPS) is 33.1. The van der Waals surface area contributed by atoms with Crippen LogP contribution in [-0.2, 0) is 9.59 Å². The number of rotatable bonds is 3. The highest BCUT2D eigenvalue weighted by Gasteiger charge is 2.69. The van der Waals surface area contributed by atoms with E-state index in [-0.39, 0.29) is 57.4 Å². The summed E-state index contributed by atoms with van der Waals surface area (Å²) in [5.74, 6) is 0.611. The van der Waals surface area contributed by atoms with Gasteiger partial charge >= 0.3 is 4.87 Å². The van der Waals surface area contributed by atoms with Crippen molar-refractivity contribution in [1.29, 1.82) is 0 Å². The molecule has 0 spiro atoms. The summed E-state index contributed by atoms with van der Waals surface area (Å²) in [6, 6.07) is 17.4. The van der Waals surface area contributed by atoms with Crippen molar-refractivity contribution in [3.8, 4) is 5.75 Å². The third-order valence-corrected chi connectivity index (χ3v) is 10.8. The number of thiazole rings is 1. The monoisotopic (exact) mass is 490 g/mol. The summed E-state index contributed by atoms with van der Waals surface area (Å²) in [4.78, 5) is 45.1. The van der Waals surface area contributed by atoms with E-state index in [1.165, 1.54) is 16.2 Å². The molecule has 2 saturated carbocycles. The van der Waals surface area contributed by atoms with E-state index in [2.05, 4.69) is 17.1 Å². The van der Waals surface area contributed by atoms with Crippen molar-refractivity contribution in [2.75, 3.05) is 12.0 Å². The summed E-state index contributed by atoms with van der Waals surface area (Å²) < 4.78 is 5.36. The number of hydrogen-bond donors (Lipinski definition) is 1. The highest BCUT2D eigenvalue weighted by molar-refractivity contribution is 8.00. The number of aromatic amines is 1. The first-order valence-electron chi connectivity index (χ1n) is 11.5. The van der Waals surface area contributed by atoms with Crippen LogP contribution in [0.4, 0.5) is 5.69 Å².